The summed E-state index contributed by atoms with van der Waals surface area (Å²) in [7, 11) is 1.83. The largest absolute Gasteiger partial charge is 0.346 e. The number of carbonyl (C=O) groups is 2. The van der Waals surface area contributed by atoms with Gasteiger partial charge in [-0.3, -0.25) is 19.3 Å². The van der Waals surface area contributed by atoms with Gasteiger partial charge in [0.05, 0.1) is 6.04 Å². The summed E-state index contributed by atoms with van der Waals surface area (Å²) in [6.07, 6.45) is 6.05. The second-order valence-electron chi connectivity index (χ2n) is 7.27. The fraction of sp³-hybridized carbons (Fsp3) is 0.526. The lowest BCUT2D eigenvalue weighted by Gasteiger charge is -2.32. The lowest BCUT2D eigenvalue weighted by atomic mass is 9.94. The van der Waals surface area contributed by atoms with Gasteiger partial charge in [0.15, 0.2) is 0 Å². The van der Waals surface area contributed by atoms with Gasteiger partial charge in [-0.15, -0.1) is 0 Å². The van der Waals surface area contributed by atoms with E-state index >= 15 is 0 Å². The quantitative estimate of drug-likeness (QED) is 0.862. The summed E-state index contributed by atoms with van der Waals surface area (Å²) in [4.78, 5) is 35.3. The van der Waals surface area contributed by atoms with Crippen molar-refractivity contribution in [2.75, 3.05) is 13.1 Å². The van der Waals surface area contributed by atoms with E-state index in [4.69, 9.17) is 0 Å². The molecule has 3 heterocycles. The average Bonchev–Trinajstić information content (AvgIpc) is 3.11. The van der Waals surface area contributed by atoms with Crippen molar-refractivity contribution in [3.8, 4) is 0 Å². The summed E-state index contributed by atoms with van der Waals surface area (Å²) >= 11 is 0. The van der Waals surface area contributed by atoms with Crippen LogP contribution in [0.4, 0.5) is 0 Å². The van der Waals surface area contributed by atoms with Crippen LogP contribution in [0.1, 0.15) is 48.9 Å². The van der Waals surface area contributed by atoms with Gasteiger partial charge in [-0.1, -0.05) is 13.8 Å². The monoisotopic (exact) mass is 370 g/mol. The summed E-state index contributed by atoms with van der Waals surface area (Å²) < 4.78 is 1.70. The van der Waals surface area contributed by atoms with Gasteiger partial charge in [-0.25, -0.2) is 4.98 Å². The van der Waals surface area contributed by atoms with Gasteiger partial charge in [-0.05, 0) is 30.9 Å². The molecule has 0 spiro atoms. The molecule has 2 amide bonds. The molecule has 0 aliphatic carbocycles. The van der Waals surface area contributed by atoms with Crippen molar-refractivity contribution in [1.82, 2.24) is 30.0 Å². The molecule has 8 nitrogen and oxygen atoms in total. The van der Waals surface area contributed by atoms with Crippen molar-refractivity contribution in [2.45, 2.75) is 32.7 Å². The van der Waals surface area contributed by atoms with Gasteiger partial charge in [0.2, 0.25) is 5.91 Å². The molecule has 0 bridgehead atoms. The van der Waals surface area contributed by atoms with Crippen molar-refractivity contribution in [2.24, 2.45) is 18.9 Å². The second kappa shape index (κ2) is 8.28. The number of hydrogen-bond donors (Lipinski definition) is 1. The highest BCUT2D eigenvalue weighted by Crippen LogP contribution is 2.23. The number of aryl methyl sites for hydroxylation is 1. The number of nitrogens with one attached hydrogen (secondary N) is 1. The molecule has 1 N–H and O–H groups in total. The van der Waals surface area contributed by atoms with Crippen molar-refractivity contribution in [3.05, 3.63) is 42.2 Å². The van der Waals surface area contributed by atoms with Crippen molar-refractivity contribution in [1.29, 1.82) is 0 Å². The Morgan fingerprint density at radius 2 is 1.85 bits per heavy atom. The van der Waals surface area contributed by atoms with Crippen molar-refractivity contribution in [3.63, 3.8) is 0 Å². The van der Waals surface area contributed by atoms with Gasteiger partial charge in [0, 0.05) is 44.0 Å². The van der Waals surface area contributed by atoms with E-state index in [2.05, 4.69) is 34.2 Å². The second-order valence-corrected chi connectivity index (χ2v) is 7.27. The van der Waals surface area contributed by atoms with E-state index < -0.39 is 0 Å². The first-order chi connectivity index (χ1) is 13.0. The highest BCUT2D eigenvalue weighted by molar-refractivity contribution is 5.94. The lowest BCUT2D eigenvalue weighted by Crippen LogP contribution is -2.44. The third-order valence-electron chi connectivity index (χ3n) is 5.07. The molecule has 0 unspecified atom stereocenters. The summed E-state index contributed by atoms with van der Waals surface area (Å²) in [6, 6.07) is 3.26. The first-order valence-corrected chi connectivity index (χ1v) is 9.31. The van der Waals surface area contributed by atoms with Crippen LogP contribution in [0.5, 0.6) is 0 Å². The van der Waals surface area contributed by atoms with Crippen LogP contribution in [0.3, 0.4) is 0 Å². The molecule has 1 saturated heterocycles. The van der Waals surface area contributed by atoms with Crippen LogP contribution < -0.4 is 5.32 Å². The van der Waals surface area contributed by atoms with Crippen LogP contribution in [0.25, 0.3) is 0 Å². The van der Waals surface area contributed by atoms with E-state index in [-0.39, 0.29) is 29.7 Å². The average molecular weight is 370 g/mol. The first-order valence-electron chi connectivity index (χ1n) is 9.31. The van der Waals surface area contributed by atoms with Crippen LogP contribution in [-0.2, 0) is 11.8 Å². The van der Waals surface area contributed by atoms with Crippen LogP contribution in [-0.4, -0.2) is 49.6 Å². The molecule has 8 heteroatoms. The number of aromatic nitrogens is 4. The lowest BCUT2D eigenvalue weighted by molar-refractivity contribution is -0.127. The van der Waals surface area contributed by atoms with Gasteiger partial charge < -0.3 is 10.2 Å². The summed E-state index contributed by atoms with van der Waals surface area (Å²) in [5.74, 6) is 0.873. The molecule has 2 aromatic rings. The highest BCUT2D eigenvalue weighted by Gasteiger charge is 2.30. The van der Waals surface area contributed by atoms with Gasteiger partial charge >= 0.3 is 0 Å². The molecule has 2 aromatic heterocycles. The van der Waals surface area contributed by atoms with E-state index in [0.717, 1.165) is 5.82 Å². The minimum absolute atomic E-state index is 0.00426. The third kappa shape index (κ3) is 4.32. The molecule has 0 radical (unpaired) electrons. The standard InChI is InChI=1S/C19H26N6O2/c1-13(2)16(17-21-12-22-24(17)3)23-18(26)14-6-10-25(11-7-14)19(27)15-4-8-20-9-5-15/h4-5,8-9,12-14,16H,6-7,10-11H2,1-3H3,(H,23,26)/t16-/m1/s1. The number of hydrogen-bond acceptors (Lipinski definition) is 5. The Morgan fingerprint density at radius 3 is 2.41 bits per heavy atom. The number of rotatable bonds is 5. The van der Waals surface area contributed by atoms with Crippen LogP contribution in [0, 0.1) is 11.8 Å². The molecule has 1 atom stereocenters. The number of likely N-dealkylation sites (tertiary alicyclic amines) is 1. The van der Waals surface area contributed by atoms with Crippen molar-refractivity contribution < 1.29 is 9.59 Å². The highest BCUT2D eigenvalue weighted by atomic mass is 16.2. The Morgan fingerprint density at radius 1 is 1.19 bits per heavy atom. The molecule has 1 aliphatic heterocycles. The minimum atomic E-state index is -0.179. The van der Waals surface area contributed by atoms with Crippen LogP contribution in [0.15, 0.2) is 30.9 Å². The fourth-order valence-electron chi connectivity index (χ4n) is 3.41. The number of carbonyl (C=O) groups excluding carboxylic acids is 2. The van der Waals surface area contributed by atoms with E-state index in [0.29, 0.717) is 31.5 Å². The summed E-state index contributed by atoms with van der Waals surface area (Å²) in [6.45, 7) is 5.26. The third-order valence-corrected chi connectivity index (χ3v) is 5.07. The smallest absolute Gasteiger partial charge is 0.253 e. The predicted molar refractivity (Wildman–Crippen MR) is 99.6 cm³/mol. The normalized spacial score (nSPS) is 16.4. The summed E-state index contributed by atoms with van der Waals surface area (Å²) in [5.41, 5.74) is 0.634. The molecular formula is C19H26N6O2. The Hall–Kier alpha value is -2.77. The van der Waals surface area contributed by atoms with Crippen molar-refractivity contribution >= 4 is 11.8 Å². The fourth-order valence-corrected chi connectivity index (χ4v) is 3.41. The zero-order valence-electron chi connectivity index (χ0n) is 16.0. The molecule has 27 heavy (non-hydrogen) atoms. The minimum Gasteiger partial charge on any atom is -0.346 e. The number of amides is 2. The maximum absolute atomic E-state index is 12.8. The van der Waals surface area contributed by atoms with E-state index in [1.807, 2.05) is 11.9 Å². The molecular weight excluding hydrogens is 344 g/mol. The van der Waals surface area contributed by atoms with Gasteiger partial charge in [-0.2, -0.15) is 5.10 Å². The maximum atomic E-state index is 12.8. The number of piperidine rings is 1. The van der Waals surface area contributed by atoms with E-state index in [1.165, 1.54) is 6.33 Å². The molecule has 1 fully saturated rings. The Balaban J connectivity index is 1.58. The van der Waals surface area contributed by atoms with E-state index in [9.17, 15) is 9.59 Å². The predicted octanol–water partition coefficient (Wildman–Crippen LogP) is 1.58. The molecule has 144 valence electrons. The maximum Gasteiger partial charge on any atom is 0.253 e. The Bertz CT molecular complexity index is 781. The number of nitrogens with zero attached hydrogens (tertiary/aromatic N) is 5. The molecule has 3 rings (SSSR count). The first kappa shape index (κ1) is 19.0. The topological polar surface area (TPSA) is 93.0 Å². The Kier molecular flexibility index (Phi) is 5.83. The SMILES string of the molecule is CC(C)[C@@H](NC(=O)C1CCN(C(=O)c2ccncc2)CC1)c1ncnn1C. The Labute approximate surface area is 159 Å². The van der Waals surface area contributed by atoms with Gasteiger partial charge in [0.1, 0.15) is 12.2 Å². The van der Waals surface area contributed by atoms with E-state index in [1.54, 1.807) is 29.2 Å². The van der Waals surface area contributed by atoms with Crippen LogP contribution in [0.2, 0.25) is 0 Å². The van der Waals surface area contributed by atoms with Crippen LogP contribution >= 0.6 is 0 Å². The summed E-state index contributed by atoms with van der Waals surface area (Å²) in [5, 5.41) is 7.23. The zero-order valence-corrected chi connectivity index (χ0v) is 16.0. The zero-order chi connectivity index (χ0) is 19.4. The van der Waals surface area contributed by atoms with Gasteiger partial charge in [0.25, 0.3) is 5.91 Å². The number of pyridine rings is 1. The molecule has 0 saturated carbocycles. The molecule has 0 aromatic carbocycles. The molecule has 1 aliphatic rings.